The highest BCUT2D eigenvalue weighted by Crippen LogP contribution is 2.38. The Kier molecular flexibility index (Phi) is 6.07. The van der Waals surface area contributed by atoms with E-state index < -0.39 is 36.6 Å². The van der Waals surface area contributed by atoms with Gasteiger partial charge in [0.2, 0.25) is 0 Å². The normalized spacial score (nSPS) is 15.1. The van der Waals surface area contributed by atoms with Crippen LogP contribution in [0.5, 0.6) is 0 Å². The molecule has 8 heteroatoms. The largest absolute Gasteiger partial charge is 0.466 e. The van der Waals surface area contributed by atoms with Crippen LogP contribution in [0.25, 0.3) is 0 Å². The lowest BCUT2D eigenvalue weighted by atomic mass is 9.86. The standard InChI is InChI=1S/C15H16F6O2/c1-3-23-13(22)12(9(2)15(19,20)21)11-6-4-10(5-7-11)8-14(16,17)18/h4-7,9,12H,3,8H2,1-2H3. The van der Waals surface area contributed by atoms with Gasteiger partial charge < -0.3 is 4.74 Å². The Morgan fingerprint density at radius 3 is 2.00 bits per heavy atom. The Balaban J connectivity index is 3.10. The van der Waals surface area contributed by atoms with E-state index in [1.165, 1.54) is 6.92 Å². The van der Waals surface area contributed by atoms with Crippen LogP contribution in [0, 0.1) is 5.92 Å². The van der Waals surface area contributed by atoms with E-state index in [9.17, 15) is 31.1 Å². The van der Waals surface area contributed by atoms with Crippen molar-refractivity contribution in [2.45, 2.75) is 38.5 Å². The summed E-state index contributed by atoms with van der Waals surface area (Å²) in [7, 11) is 0. The molecule has 1 rings (SSSR count). The zero-order chi connectivity index (χ0) is 17.8. The number of ether oxygens (including phenoxy) is 1. The van der Waals surface area contributed by atoms with E-state index in [1.54, 1.807) is 0 Å². The molecule has 0 spiro atoms. The van der Waals surface area contributed by atoms with E-state index in [4.69, 9.17) is 0 Å². The Morgan fingerprint density at radius 2 is 1.61 bits per heavy atom. The van der Waals surface area contributed by atoms with Crippen molar-refractivity contribution in [3.63, 3.8) is 0 Å². The second kappa shape index (κ2) is 7.23. The van der Waals surface area contributed by atoms with E-state index in [0.29, 0.717) is 0 Å². The minimum absolute atomic E-state index is 0.0285. The maximum Gasteiger partial charge on any atom is 0.393 e. The number of alkyl halides is 6. The molecule has 0 N–H and O–H groups in total. The molecule has 1 aromatic rings. The molecule has 0 radical (unpaired) electrons. The lowest BCUT2D eigenvalue weighted by molar-refractivity contribution is -0.185. The van der Waals surface area contributed by atoms with Crippen molar-refractivity contribution < 1.29 is 35.9 Å². The fourth-order valence-electron chi connectivity index (χ4n) is 2.12. The van der Waals surface area contributed by atoms with Crippen LogP contribution in [0.3, 0.4) is 0 Å². The lowest BCUT2D eigenvalue weighted by Gasteiger charge is -2.25. The van der Waals surface area contributed by atoms with Crippen molar-refractivity contribution in [1.29, 1.82) is 0 Å². The maximum absolute atomic E-state index is 12.9. The summed E-state index contributed by atoms with van der Waals surface area (Å²) in [6.07, 6.45) is -10.2. The highest BCUT2D eigenvalue weighted by Gasteiger charge is 2.45. The molecule has 0 aromatic heterocycles. The highest BCUT2D eigenvalue weighted by atomic mass is 19.4. The zero-order valence-corrected chi connectivity index (χ0v) is 12.5. The number of carbonyl (C=O) groups is 1. The number of hydrogen-bond acceptors (Lipinski definition) is 2. The van der Waals surface area contributed by atoms with Crippen molar-refractivity contribution in [2.75, 3.05) is 6.61 Å². The number of halogens is 6. The quantitative estimate of drug-likeness (QED) is 0.576. The van der Waals surface area contributed by atoms with E-state index in [1.807, 2.05) is 0 Å². The van der Waals surface area contributed by atoms with Crippen LogP contribution >= 0.6 is 0 Å². The molecular weight excluding hydrogens is 326 g/mol. The van der Waals surface area contributed by atoms with Crippen LogP contribution in [0.2, 0.25) is 0 Å². The van der Waals surface area contributed by atoms with Gasteiger partial charge in [0, 0.05) is 0 Å². The minimum atomic E-state index is -4.64. The molecular formula is C15H16F6O2. The van der Waals surface area contributed by atoms with Crippen LogP contribution in [-0.4, -0.2) is 24.9 Å². The lowest BCUT2D eigenvalue weighted by Crippen LogP contribution is -2.32. The first-order valence-electron chi connectivity index (χ1n) is 6.84. The third kappa shape index (κ3) is 5.76. The Morgan fingerprint density at radius 1 is 1.09 bits per heavy atom. The average molecular weight is 342 g/mol. The van der Waals surface area contributed by atoms with E-state index >= 15 is 0 Å². The predicted molar refractivity (Wildman–Crippen MR) is 70.8 cm³/mol. The second-order valence-corrected chi connectivity index (χ2v) is 5.09. The van der Waals surface area contributed by atoms with Crippen LogP contribution in [0.4, 0.5) is 26.3 Å². The van der Waals surface area contributed by atoms with Crippen LogP contribution in [-0.2, 0) is 16.0 Å². The average Bonchev–Trinajstić information content (AvgIpc) is 2.38. The molecule has 130 valence electrons. The SMILES string of the molecule is CCOC(=O)C(c1ccc(CC(F)(F)F)cc1)C(C)C(F)(F)F. The second-order valence-electron chi connectivity index (χ2n) is 5.09. The minimum Gasteiger partial charge on any atom is -0.466 e. The molecule has 0 heterocycles. The van der Waals surface area contributed by atoms with Gasteiger partial charge >= 0.3 is 18.3 Å². The number of hydrogen-bond donors (Lipinski definition) is 0. The Hall–Kier alpha value is -1.73. The van der Waals surface area contributed by atoms with Crippen LogP contribution in [0.1, 0.15) is 30.9 Å². The van der Waals surface area contributed by atoms with Gasteiger partial charge in [0.25, 0.3) is 0 Å². The third-order valence-electron chi connectivity index (χ3n) is 3.30. The number of benzene rings is 1. The van der Waals surface area contributed by atoms with Crippen LogP contribution in [0.15, 0.2) is 24.3 Å². The fourth-order valence-corrected chi connectivity index (χ4v) is 2.12. The van der Waals surface area contributed by atoms with Gasteiger partial charge in [-0.3, -0.25) is 4.79 Å². The molecule has 0 saturated heterocycles. The molecule has 2 unspecified atom stereocenters. The third-order valence-corrected chi connectivity index (χ3v) is 3.30. The van der Waals surface area contributed by atoms with Crippen molar-refractivity contribution in [3.8, 4) is 0 Å². The van der Waals surface area contributed by atoms with E-state index in [0.717, 1.165) is 31.2 Å². The van der Waals surface area contributed by atoms with Crippen molar-refractivity contribution in [3.05, 3.63) is 35.4 Å². The summed E-state index contributed by atoms with van der Waals surface area (Å²) in [5.74, 6) is -4.69. The summed E-state index contributed by atoms with van der Waals surface area (Å²) in [6.45, 7) is 2.21. The first kappa shape index (κ1) is 19.3. The molecule has 0 saturated carbocycles. The maximum atomic E-state index is 12.9. The van der Waals surface area contributed by atoms with Gasteiger partial charge in [0.1, 0.15) is 0 Å². The summed E-state index contributed by atoms with van der Waals surface area (Å²) in [4.78, 5) is 11.8. The molecule has 1 aromatic carbocycles. The summed E-state index contributed by atoms with van der Waals surface area (Å²) in [6, 6.07) is 4.34. The first-order valence-corrected chi connectivity index (χ1v) is 6.84. The van der Waals surface area contributed by atoms with Crippen molar-refractivity contribution in [1.82, 2.24) is 0 Å². The van der Waals surface area contributed by atoms with Gasteiger partial charge in [-0.05, 0) is 18.1 Å². The molecule has 23 heavy (non-hydrogen) atoms. The number of rotatable bonds is 5. The first-order chi connectivity index (χ1) is 10.5. The topological polar surface area (TPSA) is 26.3 Å². The van der Waals surface area contributed by atoms with Gasteiger partial charge in [-0.25, -0.2) is 0 Å². The summed E-state index contributed by atoms with van der Waals surface area (Å²) in [5, 5.41) is 0. The molecule has 2 nitrogen and oxygen atoms in total. The van der Waals surface area contributed by atoms with E-state index in [-0.39, 0.29) is 17.7 Å². The van der Waals surface area contributed by atoms with Gasteiger partial charge in [-0.1, -0.05) is 31.2 Å². The predicted octanol–water partition coefficient (Wildman–Crippen LogP) is 4.64. The van der Waals surface area contributed by atoms with Gasteiger partial charge in [0.05, 0.1) is 24.9 Å². The summed E-state index contributed by atoms with van der Waals surface area (Å²) >= 11 is 0. The molecule has 0 aliphatic carbocycles. The number of esters is 1. The molecule has 0 aliphatic rings. The summed E-state index contributed by atoms with van der Waals surface area (Å²) < 4.78 is 80.3. The van der Waals surface area contributed by atoms with E-state index in [2.05, 4.69) is 4.74 Å². The van der Waals surface area contributed by atoms with Crippen LogP contribution < -0.4 is 0 Å². The zero-order valence-electron chi connectivity index (χ0n) is 12.5. The number of carbonyl (C=O) groups excluding carboxylic acids is 1. The molecule has 2 atom stereocenters. The van der Waals surface area contributed by atoms with Gasteiger partial charge in [0.15, 0.2) is 0 Å². The van der Waals surface area contributed by atoms with Crippen molar-refractivity contribution in [2.24, 2.45) is 5.92 Å². The molecule has 0 amide bonds. The molecule has 0 aliphatic heterocycles. The highest BCUT2D eigenvalue weighted by molar-refractivity contribution is 5.78. The fraction of sp³-hybridized carbons (Fsp3) is 0.533. The molecule has 0 bridgehead atoms. The van der Waals surface area contributed by atoms with Gasteiger partial charge in [-0.2, -0.15) is 26.3 Å². The Labute approximate surface area is 129 Å². The monoisotopic (exact) mass is 342 g/mol. The summed E-state index contributed by atoms with van der Waals surface area (Å²) in [5.41, 5.74) is -0.122. The Bertz CT molecular complexity index is 518. The molecule has 0 fully saturated rings. The van der Waals surface area contributed by atoms with Gasteiger partial charge in [-0.15, -0.1) is 0 Å². The van der Waals surface area contributed by atoms with Crippen molar-refractivity contribution >= 4 is 5.97 Å². The smallest absolute Gasteiger partial charge is 0.393 e.